The lowest BCUT2D eigenvalue weighted by atomic mass is 9.99. The van der Waals surface area contributed by atoms with E-state index in [2.05, 4.69) is 5.32 Å². The maximum atomic E-state index is 12.2. The van der Waals surface area contributed by atoms with Crippen molar-refractivity contribution in [1.82, 2.24) is 5.32 Å². The third-order valence-corrected chi connectivity index (χ3v) is 4.89. The van der Waals surface area contributed by atoms with Crippen LogP contribution >= 0.6 is 11.3 Å². The Balaban J connectivity index is 1.67. The predicted octanol–water partition coefficient (Wildman–Crippen LogP) is 3.26. The molecule has 20 heavy (non-hydrogen) atoms. The number of hydrogen-bond acceptors (Lipinski definition) is 3. The van der Waals surface area contributed by atoms with Crippen molar-refractivity contribution in [2.45, 2.75) is 32.2 Å². The van der Waals surface area contributed by atoms with E-state index in [-0.39, 0.29) is 11.7 Å². The monoisotopic (exact) mass is 287 g/mol. The van der Waals surface area contributed by atoms with Crippen molar-refractivity contribution in [3.05, 3.63) is 51.2 Å². The van der Waals surface area contributed by atoms with Crippen molar-refractivity contribution in [1.29, 1.82) is 0 Å². The van der Waals surface area contributed by atoms with Gasteiger partial charge in [-0.05, 0) is 43.4 Å². The zero-order chi connectivity index (χ0) is 13.9. The highest BCUT2D eigenvalue weighted by Crippen LogP contribution is 2.29. The summed E-state index contributed by atoms with van der Waals surface area (Å²) < 4.78 is 0. The van der Waals surface area contributed by atoms with Crippen LogP contribution in [0.15, 0.2) is 30.3 Å². The van der Waals surface area contributed by atoms with Crippen LogP contribution in [0.3, 0.4) is 0 Å². The summed E-state index contributed by atoms with van der Waals surface area (Å²) in [5.74, 6) is 0.172. The van der Waals surface area contributed by atoms with E-state index in [0.29, 0.717) is 6.54 Å². The first-order valence-corrected chi connectivity index (χ1v) is 7.72. The summed E-state index contributed by atoms with van der Waals surface area (Å²) >= 11 is 1.61. The third-order valence-electron chi connectivity index (χ3n) is 3.65. The predicted molar refractivity (Wildman–Crippen MR) is 80.2 cm³/mol. The fraction of sp³-hybridized carbons (Fsp3) is 0.312. The molecule has 4 heteroatoms. The largest absolute Gasteiger partial charge is 0.508 e. The molecular formula is C16H17NO2S. The minimum absolute atomic E-state index is 0.0485. The standard InChI is InChI=1S/C16H17NO2S/c18-13-7-3-1-6-12(13)10-17-16(19)15-9-11-5-2-4-8-14(11)20-15/h1,3,6-7,9,18H,2,4-5,8,10H2,(H,17,19). The van der Waals surface area contributed by atoms with Crippen molar-refractivity contribution < 1.29 is 9.90 Å². The van der Waals surface area contributed by atoms with E-state index in [1.807, 2.05) is 18.2 Å². The molecule has 0 radical (unpaired) electrons. The number of carbonyl (C=O) groups excluding carboxylic acids is 1. The fourth-order valence-electron chi connectivity index (χ4n) is 2.53. The smallest absolute Gasteiger partial charge is 0.261 e. The molecule has 0 aliphatic heterocycles. The van der Waals surface area contributed by atoms with Gasteiger partial charge in [0.25, 0.3) is 5.91 Å². The van der Waals surface area contributed by atoms with Gasteiger partial charge < -0.3 is 10.4 Å². The number of carbonyl (C=O) groups is 1. The lowest BCUT2D eigenvalue weighted by Gasteiger charge is -2.08. The van der Waals surface area contributed by atoms with Gasteiger partial charge in [-0.25, -0.2) is 0 Å². The minimum Gasteiger partial charge on any atom is -0.508 e. The molecule has 1 aliphatic carbocycles. The van der Waals surface area contributed by atoms with E-state index >= 15 is 0 Å². The number of benzene rings is 1. The van der Waals surface area contributed by atoms with Crippen LogP contribution < -0.4 is 5.32 Å². The molecule has 1 heterocycles. The van der Waals surface area contributed by atoms with Gasteiger partial charge >= 0.3 is 0 Å². The molecule has 0 fully saturated rings. The molecule has 104 valence electrons. The van der Waals surface area contributed by atoms with Gasteiger partial charge in [-0.1, -0.05) is 18.2 Å². The minimum atomic E-state index is -0.0485. The van der Waals surface area contributed by atoms with Crippen molar-refractivity contribution in [2.75, 3.05) is 0 Å². The lowest BCUT2D eigenvalue weighted by Crippen LogP contribution is -2.21. The van der Waals surface area contributed by atoms with Crippen LogP contribution in [-0.2, 0) is 19.4 Å². The Morgan fingerprint density at radius 2 is 2.05 bits per heavy atom. The molecule has 0 saturated heterocycles. The van der Waals surface area contributed by atoms with E-state index < -0.39 is 0 Å². The highest BCUT2D eigenvalue weighted by atomic mass is 32.1. The van der Waals surface area contributed by atoms with Crippen LogP contribution in [0.4, 0.5) is 0 Å². The second-order valence-corrected chi connectivity index (χ2v) is 6.21. The fourth-order valence-corrected chi connectivity index (χ4v) is 3.70. The van der Waals surface area contributed by atoms with Crippen molar-refractivity contribution in [2.24, 2.45) is 0 Å². The molecule has 0 saturated carbocycles. The van der Waals surface area contributed by atoms with Crippen molar-refractivity contribution in [3.63, 3.8) is 0 Å². The van der Waals surface area contributed by atoms with E-state index in [1.165, 1.54) is 23.3 Å². The van der Waals surface area contributed by atoms with E-state index in [4.69, 9.17) is 0 Å². The van der Waals surface area contributed by atoms with Crippen LogP contribution in [0.25, 0.3) is 0 Å². The third kappa shape index (κ3) is 2.70. The molecule has 3 nitrogen and oxygen atoms in total. The number of para-hydroxylation sites is 1. The molecule has 2 aromatic rings. The number of amides is 1. The molecule has 0 unspecified atom stereocenters. The van der Waals surface area contributed by atoms with Gasteiger partial charge in [-0.15, -0.1) is 11.3 Å². The number of phenolic OH excluding ortho intramolecular Hbond substituents is 1. The average molecular weight is 287 g/mol. The molecule has 1 aromatic carbocycles. The first-order chi connectivity index (χ1) is 9.74. The Labute approximate surface area is 122 Å². The summed E-state index contributed by atoms with van der Waals surface area (Å²) in [7, 11) is 0. The second kappa shape index (κ2) is 5.67. The van der Waals surface area contributed by atoms with E-state index in [9.17, 15) is 9.90 Å². The number of nitrogens with one attached hydrogen (secondary N) is 1. The number of thiophene rings is 1. The lowest BCUT2D eigenvalue weighted by molar-refractivity contribution is 0.0955. The molecular weight excluding hydrogens is 270 g/mol. The molecule has 2 N–H and O–H groups in total. The molecule has 1 aliphatic rings. The normalized spacial score (nSPS) is 13.8. The highest BCUT2D eigenvalue weighted by molar-refractivity contribution is 7.14. The second-order valence-electron chi connectivity index (χ2n) is 5.08. The molecule has 0 bridgehead atoms. The van der Waals surface area contributed by atoms with Crippen LogP contribution in [0.2, 0.25) is 0 Å². The van der Waals surface area contributed by atoms with Crippen LogP contribution in [-0.4, -0.2) is 11.0 Å². The number of fused-ring (bicyclic) bond motifs is 1. The maximum Gasteiger partial charge on any atom is 0.261 e. The first-order valence-electron chi connectivity index (χ1n) is 6.90. The zero-order valence-corrected chi connectivity index (χ0v) is 12.0. The Morgan fingerprint density at radius 1 is 1.25 bits per heavy atom. The topological polar surface area (TPSA) is 49.3 Å². The van der Waals surface area contributed by atoms with Crippen molar-refractivity contribution >= 4 is 17.2 Å². The summed E-state index contributed by atoms with van der Waals surface area (Å²) in [5, 5.41) is 12.6. The molecule has 0 spiro atoms. The van der Waals surface area contributed by atoms with E-state index in [0.717, 1.165) is 23.3 Å². The SMILES string of the molecule is O=C(NCc1ccccc1O)c1cc2c(s1)CCCC2. The van der Waals surface area contributed by atoms with Crippen LogP contribution in [0.1, 0.15) is 38.5 Å². The molecule has 3 rings (SSSR count). The number of rotatable bonds is 3. The van der Waals surface area contributed by atoms with Gasteiger partial charge in [-0.3, -0.25) is 4.79 Å². The quantitative estimate of drug-likeness (QED) is 0.910. The summed E-state index contributed by atoms with van der Waals surface area (Å²) in [6, 6.07) is 9.10. The Morgan fingerprint density at radius 3 is 2.85 bits per heavy atom. The summed E-state index contributed by atoms with van der Waals surface area (Å²) in [5.41, 5.74) is 2.08. The van der Waals surface area contributed by atoms with Gasteiger partial charge in [0.1, 0.15) is 5.75 Å². The summed E-state index contributed by atoms with van der Waals surface area (Å²) in [6.45, 7) is 0.355. The van der Waals surface area contributed by atoms with Gasteiger partial charge in [0.05, 0.1) is 4.88 Å². The number of hydrogen-bond donors (Lipinski definition) is 2. The number of aryl methyl sites for hydroxylation is 2. The van der Waals surface area contributed by atoms with Gasteiger partial charge in [0.15, 0.2) is 0 Å². The molecule has 1 amide bonds. The summed E-state index contributed by atoms with van der Waals surface area (Å²) in [4.78, 5) is 14.3. The van der Waals surface area contributed by atoms with Gasteiger partial charge in [0.2, 0.25) is 0 Å². The highest BCUT2D eigenvalue weighted by Gasteiger charge is 2.17. The number of aromatic hydroxyl groups is 1. The van der Waals surface area contributed by atoms with Crippen LogP contribution in [0, 0.1) is 0 Å². The summed E-state index contributed by atoms with van der Waals surface area (Å²) in [6.07, 6.45) is 4.65. The Kier molecular flexibility index (Phi) is 3.74. The molecule has 0 atom stereocenters. The van der Waals surface area contributed by atoms with Gasteiger partial charge in [-0.2, -0.15) is 0 Å². The first kappa shape index (κ1) is 13.2. The average Bonchev–Trinajstić information content (AvgIpc) is 2.90. The van der Waals surface area contributed by atoms with Crippen molar-refractivity contribution in [3.8, 4) is 5.75 Å². The molecule has 1 aromatic heterocycles. The maximum absolute atomic E-state index is 12.2. The van der Waals surface area contributed by atoms with E-state index in [1.54, 1.807) is 23.5 Å². The van der Waals surface area contributed by atoms with Gasteiger partial charge in [0, 0.05) is 17.0 Å². The Bertz CT molecular complexity index is 610. The Hall–Kier alpha value is -1.81. The van der Waals surface area contributed by atoms with Crippen LogP contribution in [0.5, 0.6) is 5.75 Å². The number of phenols is 1. The zero-order valence-electron chi connectivity index (χ0n) is 11.2.